The smallest absolute Gasteiger partial charge is 0.363 e. The molecule has 27 heavy (non-hydrogen) atoms. The molecule has 0 fully saturated rings. The molecule has 0 aliphatic rings. The summed E-state index contributed by atoms with van der Waals surface area (Å²) in [6, 6.07) is 14.8. The number of carbonyl (C=O) groups is 1. The zero-order valence-corrected chi connectivity index (χ0v) is 16.0. The average Bonchev–Trinajstić information content (AvgIpc) is 3.18. The molecular weight excluding hydrogens is 360 g/mol. The van der Waals surface area contributed by atoms with Gasteiger partial charge in [-0.15, -0.1) is 11.3 Å². The summed E-state index contributed by atoms with van der Waals surface area (Å²) in [5.74, 6) is 0.460. The number of carbonyl (C=O) groups excluding carboxylic acids is 1. The normalized spacial score (nSPS) is 10.5. The minimum Gasteiger partial charge on any atom is -0.493 e. The number of thiazole rings is 1. The van der Waals surface area contributed by atoms with Gasteiger partial charge < -0.3 is 9.47 Å². The van der Waals surface area contributed by atoms with Crippen LogP contribution in [0.1, 0.15) is 41.4 Å². The van der Waals surface area contributed by atoms with Crippen molar-refractivity contribution >= 4 is 17.3 Å². The number of methoxy groups -OCH3 is 1. The first-order valence-corrected chi connectivity index (χ1v) is 9.26. The maximum Gasteiger partial charge on any atom is 0.363 e. The van der Waals surface area contributed by atoms with Crippen LogP contribution in [0.25, 0.3) is 10.6 Å². The maximum absolute atomic E-state index is 12.4. The molecule has 0 bridgehead atoms. The monoisotopic (exact) mass is 378 g/mol. The first-order valence-electron chi connectivity index (χ1n) is 8.38. The van der Waals surface area contributed by atoms with E-state index in [0.717, 1.165) is 10.6 Å². The molecule has 0 amide bonds. The van der Waals surface area contributed by atoms with Crippen molar-refractivity contribution in [3.63, 3.8) is 0 Å². The van der Waals surface area contributed by atoms with Crippen LogP contribution in [-0.4, -0.2) is 18.1 Å². The van der Waals surface area contributed by atoms with Crippen LogP contribution in [0.15, 0.2) is 47.8 Å². The second-order valence-corrected chi connectivity index (χ2v) is 7.04. The average molecular weight is 378 g/mol. The van der Waals surface area contributed by atoms with E-state index in [-0.39, 0.29) is 11.4 Å². The van der Waals surface area contributed by atoms with E-state index in [1.807, 2.05) is 18.2 Å². The minimum atomic E-state index is -0.570. The van der Waals surface area contributed by atoms with E-state index < -0.39 is 5.97 Å². The molecule has 6 heteroatoms. The minimum absolute atomic E-state index is 0.231. The van der Waals surface area contributed by atoms with Crippen LogP contribution >= 0.6 is 11.3 Å². The van der Waals surface area contributed by atoms with Crippen LogP contribution in [0.3, 0.4) is 0 Å². The Morgan fingerprint density at radius 1 is 1.15 bits per heavy atom. The summed E-state index contributed by atoms with van der Waals surface area (Å²) < 4.78 is 10.6. The van der Waals surface area contributed by atoms with Crippen LogP contribution in [0, 0.1) is 11.3 Å². The van der Waals surface area contributed by atoms with E-state index in [4.69, 9.17) is 14.7 Å². The molecule has 0 unspecified atom stereocenters. The summed E-state index contributed by atoms with van der Waals surface area (Å²) in [6.07, 6.45) is 0. The number of hydrogen-bond acceptors (Lipinski definition) is 6. The van der Waals surface area contributed by atoms with E-state index in [2.05, 4.69) is 31.0 Å². The summed E-state index contributed by atoms with van der Waals surface area (Å²) in [5.41, 5.74) is 2.86. The van der Waals surface area contributed by atoms with Crippen LogP contribution in [-0.2, 0) is 0 Å². The largest absolute Gasteiger partial charge is 0.493 e. The van der Waals surface area contributed by atoms with Crippen molar-refractivity contribution < 1.29 is 14.3 Å². The SMILES string of the molecule is COc1cc(C#N)ccc1OC(=O)c1csc(-c2ccc(C(C)C)cc2)n1. The van der Waals surface area contributed by atoms with Gasteiger partial charge in [0.05, 0.1) is 18.7 Å². The van der Waals surface area contributed by atoms with Gasteiger partial charge >= 0.3 is 5.97 Å². The Balaban J connectivity index is 1.78. The Bertz CT molecular complexity index is 1000. The summed E-state index contributed by atoms with van der Waals surface area (Å²) in [4.78, 5) is 16.8. The number of benzene rings is 2. The molecule has 0 atom stereocenters. The lowest BCUT2D eigenvalue weighted by molar-refractivity contribution is 0.0724. The first kappa shape index (κ1) is 18.6. The zero-order valence-electron chi connectivity index (χ0n) is 15.2. The molecule has 5 nitrogen and oxygen atoms in total. The van der Waals surface area contributed by atoms with Crippen molar-refractivity contribution in [2.75, 3.05) is 7.11 Å². The molecule has 0 saturated carbocycles. The maximum atomic E-state index is 12.4. The van der Waals surface area contributed by atoms with Gasteiger partial charge in [0.15, 0.2) is 17.2 Å². The predicted molar refractivity (Wildman–Crippen MR) is 104 cm³/mol. The number of hydrogen-bond donors (Lipinski definition) is 0. The number of rotatable bonds is 5. The Morgan fingerprint density at radius 2 is 1.89 bits per heavy atom. The quantitative estimate of drug-likeness (QED) is 0.460. The van der Waals surface area contributed by atoms with E-state index in [0.29, 0.717) is 17.2 Å². The van der Waals surface area contributed by atoms with E-state index in [1.54, 1.807) is 11.4 Å². The molecule has 0 aliphatic heterocycles. The highest BCUT2D eigenvalue weighted by molar-refractivity contribution is 7.13. The topological polar surface area (TPSA) is 72.2 Å². The van der Waals surface area contributed by atoms with Crippen LogP contribution in [0.4, 0.5) is 0 Å². The van der Waals surface area contributed by atoms with E-state index in [9.17, 15) is 4.79 Å². The summed E-state index contributed by atoms with van der Waals surface area (Å²) in [7, 11) is 1.45. The number of esters is 1. The Morgan fingerprint density at radius 3 is 2.52 bits per heavy atom. The van der Waals surface area contributed by atoms with Gasteiger partial charge in [0.2, 0.25) is 0 Å². The van der Waals surface area contributed by atoms with Crippen LogP contribution < -0.4 is 9.47 Å². The molecule has 0 N–H and O–H groups in total. The fraction of sp³-hybridized carbons (Fsp3) is 0.190. The molecule has 0 spiro atoms. The molecule has 1 aromatic heterocycles. The van der Waals surface area contributed by atoms with E-state index >= 15 is 0 Å². The predicted octanol–water partition coefficient (Wildman–Crippen LogP) is 5.03. The summed E-state index contributed by atoms with van der Waals surface area (Å²) in [6.45, 7) is 4.29. The highest BCUT2D eigenvalue weighted by Gasteiger charge is 2.17. The molecule has 2 aromatic carbocycles. The molecule has 0 radical (unpaired) electrons. The Hall–Kier alpha value is -3.17. The Kier molecular flexibility index (Phi) is 5.53. The molecule has 136 valence electrons. The third-order valence-electron chi connectivity index (χ3n) is 4.03. The van der Waals surface area contributed by atoms with Gasteiger partial charge in [0, 0.05) is 17.0 Å². The van der Waals surface area contributed by atoms with Crippen molar-refractivity contribution in [3.05, 3.63) is 64.7 Å². The highest BCUT2D eigenvalue weighted by atomic mass is 32.1. The molecule has 3 rings (SSSR count). The third-order valence-corrected chi connectivity index (χ3v) is 4.92. The van der Waals surface area contributed by atoms with Crippen molar-refractivity contribution in [1.82, 2.24) is 4.98 Å². The van der Waals surface area contributed by atoms with Gasteiger partial charge in [-0.1, -0.05) is 38.1 Å². The molecule has 3 aromatic rings. The second kappa shape index (κ2) is 8.02. The zero-order chi connectivity index (χ0) is 19.4. The molecule has 0 aliphatic carbocycles. The molecule has 0 saturated heterocycles. The first-order chi connectivity index (χ1) is 13.0. The second-order valence-electron chi connectivity index (χ2n) is 6.18. The lowest BCUT2D eigenvalue weighted by Gasteiger charge is -2.08. The number of aromatic nitrogens is 1. The lowest BCUT2D eigenvalue weighted by Crippen LogP contribution is -2.09. The fourth-order valence-corrected chi connectivity index (χ4v) is 3.28. The summed E-state index contributed by atoms with van der Waals surface area (Å²) in [5, 5.41) is 11.4. The fourth-order valence-electron chi connectivity index (χ4n) is 2.48. The van der Waals surface area contributed by atoms with Crippen molar-refractivity contribution in [1.29, 1.82) is 5.26 Å². The highest BCUT2D eigenvalue weighted by Crippen LogP contribution is 2.30. The van der Waals surface area contributed by atoms with Gasteiger partial charge in [-0.25, -0.2) is 9.78 Å². The number of nitrogens with zero attached hydrogens (tertiary/aromatic N) is 2. The van der Waals surface area contributed by atoms with Gasteiger partial charge in [0.1, 0.15) is 5.01 Å². The number of nitriles is 1. The molecular formula is C21H18N2O3S. The third kappa shape index (κ3) is 4.15. The van der Waals surface area contributed by atoms with Crippen molar-refractivity contribution in [2.24, 2.45) is 0 Å². The number of ether oxygens (including phenoxy) is 2. The van der Waals surface area contributed by atoms with Crippen LogP contribution in [0.2, 0.25) is 0 Å². The van der Waals surface area contributed by atoms with Crippen molar-refractivity contribution in [3.8, 4) is 28.1 Å². The lowest BCUT2D eigenvalue weighted by atomic mass is 10.0. The molecule has 1 heterocycles. The standard InChI is InChI=1S/C21H18N2O3S/c1-13(2)15-5-7-16(8-6-15)20-23-17(12-27-20)21(24)26-18-9-4-14(11-22)10-19(18)25-3/h4-10,12-13H,1-3H3. The van der Waals surface area contributed by atoms with Gasteiger partial charge in [-0.05, 0) is 23.6 Å². The van der Waals surface area contributed by atoms with Gasteiger partial charge in [0.25, 0.3) is 0 Å². The summed E-state index contributed by atoms with van der Waals surface area (Å²) >= 11 is 1.39. The van der Waals surface area contributed by atoms with Crippen LogP contribution in [0.5, 0.6) is 11.5 Å². The van der Waals surface area contributed by atoms with Gasteiger partial charge in [-0.2, -0.15) is 5.26 Å². The van der Waals surface area contributed by atoms with Crippen molar-refractivity contribution in [2.45, 2.75) is 19.8 Å². The van der Waals surface area contributed by atoms with Gasteiger partial charge in [-0.3, -0.25) is 0 Å². The van der Waals surface area contributed by atoms with E-state index in [1.165, 1.54) is 36.1 Å². The Labute approximate surface area is 161 Å².